The van der Waals surface area contributed by atoms with Gasteiger partial charge < -0.3 is 15.0 Å². The Labute approximate surface area is 236 Å². The number of H-pyrrole nitrogens is 1. The van der Waals surface area contributed by atoms with E-state index in [-0.39, 0.29) is 29.0 Å². The van der Waals surface area contributed by atoms with Crippen molar-refractivity contribution in [2.75, 3.05) is 36.5 Å². The van der Waals surface area contributed by atoms with Crippen molar-refractivity contribution in [2.24, 2.45) is 17.8 Å². The Bertz CT molecular complexity index is 1330. The standard InChI is InChI=1S/C32H40FN5O2/c1-4-5-27(33)23-7-8-24-22(20(23)2)12-13-32(3)30(24)25(26-19-35-37-31(26)32)9-11-29(39)36-28-10-6-21(18-34-28)38-14-16-40-17-15-38/h4-6,10,18-19,22,24-25,30H,2,7-9,11-17H2,1,3H3,(H,35,37)(H,34,36,39)/b5-4-,27-23+/t22?,24?,25-,30?,32+/m1/s1. The lowest BCUT2D eigenvalue weighted by atomic mass is 9.53. The summed E-state index contributed by atoms with van der Waals surface area (Å²) in [5.74, 6) is 1.71. The second-order valence-corrected chi connectivity index (χ2v) is 12.0. The lowest BCUT2D eigenvalue weighted by molar-refractivity contribution is -0.116. The number of amides is 1. The third kappa shape index (κ3) is 4.70. The Kier molecular flexibility index (Phi) is 7.38. The van der Waals surface area contributed by atoms with E-state index in [0.29, 0.717) is 30.5 Å². The number of aromatic amines is 1. The van der Waals surface area contributed by atoms with Crippen molar-refractivity contribution in [3.63, 3.8) is 0 Å². The number of allylic oxidation sites excluding steroid dienone is 5. The minimum atomic E-state index is -0.139. The zero-order valence-corrected chi connectivity index (χ0v) is 23.6. The van der Waals surface area contributed by atoms with Crippen molar-refractivity contribution >= 4 is 17.4 Å². The summed E-state index contributed by atoms with van der Waals surface area (Å²) < 4.78 is 20.3. The molecule has 0 spiro atoms. The summed E-state index contributed by atoms with van der Waals surface area (Å²) in [6.45, 7) is 11.8. The van der Waals surface area contributed by atoms with Crippen LogP contribution in [0.15, 0.2) is 60.2 Å². The Balaban J connectivity index is 1.16. The van der Waals surface area contributed by atoms with Crippen LogP contribution in [-0.2, 0) is 14.9 Å². The van der Waals surface area contributed by atoms with Gasteiger partial charge >= 0.3 is 0 Å². The van der Waals surface area contributed by atoms with E-state index in [0.717, 1.165) is 68.8 Å². The molecule has 2 N–H and O–H groups in total. The number of aromatic nitrogens is 3. The van der Waals surface area contributed by atoms with Gasteiger partial charge in [0.15, 0.2) is 0 Å². The minimum absolute atomic E-state index is 0.0195. The molecule has 40 heavy (non-hydrogen) atoms. The van der Waals surface area contributed by atoms with E-state index < -0.39 is 0 Å². The number of nitrogens with one attached hydrogen (secondary N) is 2. The van der Waals surface area contributed by atoms with Gasteiger partial charge in [-0.05, 0) is 97.6 Å². The van der Waals surface area contributed by atoms with E-state index in [1.54, 1.807) is 12.2 Å². The van der Waals surface area contributed by atoms with E-state index in [4.69, 9.17) is 4.74 Å². The van der Waals surface area contributed by atoms with Crippen molar-refractivity contribution in [1.29, 1.82) is 0 Å². The molecule has 1 aliphatic heterocycles. The highest BCUT2D eigenvalue weighted by atomic mass is 19.1. The average molecular weight is 546 g/mol. The summed E-state index contributed by atoms with van der Waals surface area (Å²) in [6, 6.07) is 3.88. The summed E-state index contributed by atoms with van der Waals surface area (Å²) in [6.07, 6.45) is 11.9. The molecule has 8 heteroatoms. The first kappa shape index (κ1) is 26.9. The summed E-state index contributed by atoms with van der Waals surface area (Å²) >= 11 is 0. The van der Waals surface area contributed by atoms with Crippen LogP contribution in [0.2, 0.25) is 0 Å². The highest BCUT2D eigenvalue weighted by Crippen LogP contribution is 2.64. The maximum absolute atomic E-state index is 14.9. The lowest BCUT2D eigenvalue weighted by Crippen LogP contribution is -2.45. The molecule has 1 amide bonds. The van der Waals surface area contributed by atoms with E-state index >= 15 is 0 Å². The zero-order valence-electron chi connectivity index (χ0n) is 23.6. The maximum atomic E-state index is 14.9. The predicted octanol–water partition coefficient (Wildman–Crippen LogP) is 6.21. The number of carbonyl (C=O) groups is 1. The zero-order chi connectivity index (χ0) is 27.9. The first-order valence-electron chi connectivity index (χ1n) is 14.7. The third-order valence-corrected chi connectivity index (χ3v) is 10.00. The summed E-state index contributed by atoms with van der Waals surface area (Å²) in [4.78, 5) is 19.8. The Morgan fingerprint density at radius 2 is 2.12 bits per heavy atom. The number of fused-ring (bicyclic) bond motifs is 5. The highest BCUT2D eigenvalue weighted by molar-refractivity contribution is 5.89. The second kappa shape index (κ2) is 11.0. The van der Waals surface area contributed by atoms with E-state index in [1.807, 2.05) is 31.5 Å². The number of hydrogen-bond donors (Lipinski definition) is 2. The van der Waals surface area contributed by atoms with Crippen LogP contribution in [0.4, 0.5) is 15.9 Å². The van der Waals surface area contributed by atoms with Gasteiger partial charge in [0.25, 0.3) is 0 Å². The van der Waals surface area contributed by atoms with Gasteiger partial charge in [0.2, 0.25) is 5.91 Å². The van der Waals surface area contributed by atoms with E-state index in [1.165, 1.54) is 11.3 Å². The van der Waals surface area contributed by atoms with Crippen molar-refractivity contribution in [3.8, 4) is 0 Å². The number of nitrogens with zero attached hydrogens (tertiary/aromatic N) is 3. The molecule has 0 aromatic carbocycles. The average Bonchev–Trinajstić information content (AvgIpc) is 3.54. The van der Waals surface area contributed by atoms with Gasteiger partial charge in [-0.3, -0.25) is 9.89 Å². The quantitative estimate of drug-likeness (QED) is 0.451. The highest BCUT2D eigenvalue weighted by Gasteiger charge is 2.58. The molecule has 5 atom stereocenters. The van der Waals surface area contributed by atoms with Crippen molar-refractivity contribution < 1.29 is 13.9 Å². The molecule has 2 aromatic rings. The smallest absolute Gasteiger partial charge is 0.225 e. The molecule has 3 fully saturated rings. The number of anilines is 2. The first-order chi connectivity index (χ1) is 19.4. The van der Waals surface area contributed by atoms with Gasteiger partial charge in [-0.2, -0.15) is 5.10 Å². The fourth-order valence-electron chi connectivity index (χ4n) is 8.14. The molecule has 2 aromatic heterocycles. The Morgan fingerprint density at radius 1 is 1.30 bits per heavy atom. The molecule has 2 saturated carbocycles. The van der Waals surface area contributed by atoms with Crippen LogP contribution in [0.3, 0.4) is 0 Å². The van der Waals surface area contributed by atoms with Crippen molar-refractivity contribution in [3.05, 3.63) is 71.5 Å². The lowest BCUT2D eigenvalue weighted by Gasteiger charge is -2.51. The van der Waals surface area contributed by atoms with Crippen LogP contribution in [0.25, 0.3) is 0 Å². The number of morpholine rings is 1. The largest absolute Gasteiger partial charge is 0.378 e. The molecule has 6 rings (SSSR count). The van der Waals surface area contributed by atoms with Gasteiger partial charge in [0.05, 0.1) is 31.3 Å². The Hall–Kier alpha value is -3.26. The fourth-order valence-corrected chi connectivity index (χ4v) is 8.14. The van der Waals surface area contributed by atoms with Gasteiger partial charge in [0.1, 0.15) is 11.6 Å². The number of carbonyl (C=O) groups excluding carboxylic acids is 1. The molecular formula is C32H40FN5O2. The predicted molar refractivity (Wildman–Crippen MR) is 155 cm³/mol. The number of halogens is 1. The SMILES string of the molecule is C=C1/C(=C(F)\C=C/C)CCC2C1CC[C@]1(C)c3[nH]ncc3[C@@H](CCC(=O)Nc3ccc(N4CCOCC4)cn3)C21. The molecule has 0 radical (unpaired) electrons. The van der Waals surface area contributed by atoms with E-state index in [2.05, 4.69) is 38.9 Å². The van der Waals surface area contributed by atoms with Crippen molar-refractivity contribution in [2.45, 2.75) is 63.7 Å². The molecule has 3 heterocycles. The molecular weight excluding hydrogens is 505 g/mol. The van der Waals surface area contributed by atoms with Crippen LogP contribution in [0.1, 0.15) is 69.5 Å². The fraction of sp³-hybridized carbons (Fsp3) is 0.531. The molecule has 0 bridgehead atoms. The number of rotatable bonds is 6. The summed E-state index contributed by atoms with van der Waals surface area (Å²) in [5.41, 5.74) is 5.28. The molecule has 212 valence electrons. The number of ether oxygens (including phenoxy) is 1. The van der Waals surface area contributed by atoms with Gasteiger partial charge in [0, 0.05) is 30.6 Å². The van der Waals surface area contributed by atoms with Crippen LogP contribution >= 0.6 is 0 Å². The van der Waals surface area contributed by atoms with Crippen LogP contribution in [0, 0.1) is 17.8 Å². The van der Waals surface area contributed by atoms with Crippen molar-refractivity contribution in [1.82, 2.24) is 15.2 Å². The summed E-state index contributed by atoms with van der Waals surface area (Å²) in [7, 11) is 0. The van der Waals surface area contributed by atoms with Crippen LogP contribution in [-0.4, -0.2) is 47.4 Å². The maximum Gasteiger partial charge on any atom is 0.225 e. The topological polar surface area (TPSA) is 83.1 Å². The van der Waals surface area contributed by atoms with E-state index in [9.17, 15) is 9.18 Å². The Morgan fingerprint density at radius 3 is 2.88 bits per heavy atom. The molecule has 1 saturated heterocycles. The van der Waals surface area contributed by atoms with Gasteiger partial charge in [-0.25, -0.2) is 9.37 Å². The van der Waals surface area contributed by atoms with Crippen LogP contribution in [0.5, 0.6) is 0 Å². The second-order valence-electron chi connectivity index (χ2n) is 12.0. The molecule has 4 aliphatic rings. The van der Waals surface area contributed by atoms with Gasteiger partial charge in [-0.15, -0.1) is 0 Å². The van der Waals surface area contributed by atoms with Crippen LogP contribution < -0.4 is 10.2 Å². The monoisotopic (exact) mass is 545 g/mol. The molecule has 7 nitrogen and oxygen atoms in total. The third-order valence-electron chi connectivity index (χ3n) is 10.00. The minimum Gasteiger partial charge on any atom is -0.378 e. The molecule has 3 aliphatic carbocycles. The molecule has 3 unspecified atom stereocenters. The number of pyridine rings is 1. The normalized spacial score (nSPS) is 31.1. The summed E-state index contributed by atoms with van der Waals surface area (Å²) in [5, 5.41) is 10.7. The number of hydrogen-bond acceptors (Lipinski definition) is 5. The van der Waals surface area contributed by atoms with Gasteiger partial charge in [-0.1, -0.05) is 19.6 Å². The first-order valence-corrected chi connectivity index (χ1v) is 14.7.